The Balaban J connectivity index is 0.000000477. The van der Waals surface area contributed by atoms with Gasteiger partial charge in [-0.05, 0) is 24.8 Å². The van der Waals surface area contributed by atoms with Crippen molar-refractivity contribution >= 4 is 11.9 Å². The van der Waals surface area contributed by atoms with E-state index in [9.17, 15) is 9.59 Å². The fourth-order valence-electron chi connectivity index (χ4n) is 1.87. The number of unbranched alkanes of at least 4 members (excludes halogenated alkanes) is 3. The van der Waals surface area contributed by atoms with Crippen LogP contribution in [0.2, 0.25) is 0 Å². The quantitative estimate of drug-likeness (QED) is 0.412. The standard InChI is InChI=1S/C12H16O2.C9H18O2/c1-2-3-9-14-12(13)10-11-7-5-4-6-8-11;1-3-5-7-9(10)11-8-6-4-2/h4-8H,2-3,9-10H2,1H3;3-8H2,1-2H3. The van der Waals surface area contributed by atoms with E-state index in [0.717, 1.165) is 44.1 Å². The van der Waals surface area contributed by atoms with Crippen LogP contribution in [0.5, 0.6) is 0 Å². The molecule has 0 amide bonds. The second-order valence-corrected chi connectivity index (χ2v) is 5.91. The summed E-state index contributed by atoms with van der Waals surface area (Å²) in [6, 6.07) is 9.65. The number of ether oxygens (including phenoxy) is 2. The van der Waals surface area contributed by atoms with Crippen LogP contribution in [0.25, 0.3) is 0 Å². The van der Waals surface area contributed by atoms with E-state index in [1.807, 2.05) is 30.3 Å². The van der Waals surface area contributed by atoms with Crippen LogP contribution in [0.1, 0.15) is 71.3 Å². The van der Waals surface area contributed by atoms with Crippen molar-refractivity contribution in [1.29, 1.82) is 0 Å². The van der Waals surface area contributed by atoms with E-state index in [-0.39, 0.29) is 11.9 Å². The van der Waals surface area contributed by atoms with Crippen molar-refractivity contribution in [3.63, 3.8) is 0 Å². The summed E-state index contributed by atoms with van der Waals surface area (Å²) in [5.41, 5.74) is 1.01. The lowest BCUT2D eigenvalue weighted by Gasteiger charge is -2.03. The third-order valence-electron chi connectivity index (χ3n) is 3.45. The Morgan fingerprint density at radius 3 is 1.80 bits per heavy atom. The van der Waals surface area contributed by atoms with E-state index < -0.39 is 0 Å². The van der Waals surface area contributed by atoms with E-state index in [1.54, 1.807) is 0 Å². The van der Waals surface area contributed by atoms with E-state index in [0.29, 0.717) is 26.1 Å². The highest BCUT2D eigenvalue weighted by Gasteiger charge is 2.03. The van der Waals surface area contributed by atoms with Gasteiger partial charge in [0.15, 0.2) is 0 Å². The molecule has 4 nitrogen and oxygen atoms in total. The Bertz CT molecular complexity index is 442. The number of hydrogen-bond donors (Lipinski definition) is 0. The average Bonchev–Trinajstić information content (AvgIpc) is 2.62. The molecule has 0 bridgehead atoms. The number of hydrogen-bond acceptors (Lipinski definition) is 4. The molecule has 0 heterocycles. The number of carbonyl (C=O) groups is 2. The maximum absolute atomic E-state index is 11.3. The van der Waals surface area contributed by atoms with Crippen molar-refractivity contribution in [2.24, 2.45) is 0 Å². The van der Waals surface area contributed by atoms with E-state index >= 15 is 0 Å². The first-order chi connectivity index (χ1) is 12.1. The van der Waals surface area contributed by atoms with Crippen LogP contribution >= 0.6 is 0 Å². The zero-order valence-electron chi connectivity index (χ0n) is 16.1. The maximum Gasteiger partial charge on any atom is 0.310 e. The molecule has 25 heavy (non-hydrogen) atoms. The van der Waals surface area contributed by atoms with Crippen LogP contribution in [0.4, 0.5) is 0 Å². The van der Waals surface area contributed by atoms with Gasteiger partial charge in [0.2, 0.25) is 0 Å². The molecular formula is C21H34O4. The van der Waals surface area contributed by atoms with Gasteiger partial charge in [-0.25, -0.2) is 0 Å². The summed E-state index contributed by atoms with van der Waals surface area (Å²) in [5, 5.41) is 0. The lowest BCUT2D eigenvalue weighted by atomic mass is 10.2. The molecule has 0 unspecified atom stereocenters. The van der Waals surface area contributed by atoms with Crippen LogP contribution in [-0.4, -0.2) is 25.2 Å². The van der Waals surface area contributed by atoms with Crippen LogP contribution in [0.3, 0.4) is 0 Å². The predicted octanol–water partition coefficient (Wildman–Crippen LogP) is 5.09. The summed E-state index contributed by atoms with van der Waals surface area (Å²) < 4.78 is 9.99. The molecule has 142 valence electrons. The molecule has 0 saturated carbocycles. The minimum absolute atomic E-state index is 0.0414. The topological polar surface area (TPSA) is 52.6 Å². The van der Waals surface area contributed by atoms with Crippen molar-refractivity contribution < 1.29 is 19.1 Å². The maximum atomic E-state index is 11.3. The molecule has 0 fully saturated rings. The summed E-state index contributed by atoms with van der Waals surface area (Å²) in [7, 11) is 0. The molecule has 0 saturated heterocycles. The van der Waals surface area contributed by atoms with Gasteiger partial charge in [0.25, 0.3) is 0 Å². The minimum atomic E-state index is -0.135. The van der Waals surface area contributed by atoms with Gasteiger partial charge in [-0.2, -0.15) is 0 Å². The summed E-state index contributed by atoms with van der Waals surface area (Å²) in [6.45, 7) is 7.37. The third-order valence-corrected chi connectivity index (χ3v) is 3.45. The summed E-state index contributed by atoms with van der Waals surface area (Å²) in [5.74, 6) is -0.176. The van der Waals surface area contributed by atoms with Gasteiger partial charge in [0, 0.05) is 6.42 Å². The number of benzene rings is 1. The number of esters is 2. The van der Waals surface area contributed by atoms with Gasteiger partial charge in [-0.15, -0.1) is 0 Å². The molecule has 0 aliphatic carbocycles. The molecule has 4 heteroatoms. The highest BCUT2D eigenvalue weighted by molar-refractivity contribution is 5.72. The van der Waals surface area contributed by atoms with Gasteiger partial charge in [0.1, 0.15) is 0 Å². The van der Waals surface area contributed by atoms with Gasteiger partial charge in [-0.1, -0.05) is 70.4 Å². The van der Waals surface area contributed by atoms with Crippen LogP contribution in [0, 0.1) is 0 Å². The van der Waals surface area contributed by atoms with Gasteiger partial charge in [0.05, 0.1) is 19.6 Å². The first-order valence-electron chi connectivity index (χ1n) is 9.49. The molecule has 0 N–H and O–H groups in total. The molecule has 0 aliphatic heterocycles. The monoisotopic (exact) mass is 350 g/mol. The van der Waals surface area contributed by atoms with Crippen molar-refractivity contribution in [2.45, 2.75) is 72.1 Å². The van der Waals surface area contributed by atoms with Crippen LogP contribution in [-0.2, 0) is 25.5 Å². The zero-order valence-corrected chi connectivity index (χ0v) is 16.1. The molecule has 1 aromatic rings. The predicted molar refractivity (Wildman–Crippen MR) is 101 cm³/mol. The number of rotatable bonds is 11. The number of carbonyl (C=O) groups excluding carboxylic acids is 2. The molecule has 0 aliphatic rings. The highest BCUT2D eigenvalue weighted by atomic mass is 16.5. The van der Waals surface area contributed by atoms with E-state index in [1.165, 1.54) is 0 Å². The molecule has 0 spiro atoms. The Labute approximate surface area is 152 Å². The molecule has 0 radical (unpaired) electrons. The second-order valence-electron chi connectivity index (χ2n) is 5.91. The molecule has 1 aromatic carbocycles. The normalized spacial score (nSPS) is 9.72. The fraction of sp³-hybridized carbons (Fsp3) is 0.619. The Kier molecular flexibility index (Phi) is 15.7. The van der Waals surface area contributed by atoms with Gasteiger partial charge >= 0.3 is 11.9 Å². The fourth-order valence-corrected chi connectivity index (χ4v) is 1.87. The van der Waals surface area contributed by atoms with Gasteiger partial charge < -0.3 is 9.47 Å². The van der Waals surface area contributed by atoms with Crippen LogP contribution < -0.4 is 0 Å². The smallest absolute Gasteiger partial charge is 0.310 e. The van der Waals surface area contributed by atoms with Crippen LogP contribution in [0.15, 0.2) is 30.3 Å². The first kappa shape index (κ1) is 23.2. The van der Waals surface area contributed by atoms with Crippen molar-refractivity contribution in [1.82, 2.24) is 0 Å². The molecular weight excluding hydrogens is 316 g/mol. The first-order valence-corrected chi connectivity index (χ1v) is 9.49. The molecule has 1 rings (SSSR count). The highest BCUT2D eigenvalue weighted by Crippen LogP contribution is 2.01. The Morgan fingerprint density at radius 1 is 0.760 bits per heavy atom. The lowest BCUT2D eigenvalue weighted by Crippen LogP contribution is -2.08. The summed E-state index contributed by atoms with van der Waals surface area (Å²) in [4.78, 5) is 22.1. The Morgan fingerprint density at radius 2 is 1.28 bits per heavy atom. The summed E-state index contributed by atoms with van der Waals surface area (Å²) >= 11 is 0. The van der Waals surface area contributed by atoms with Crippen molar-refractivity contribution in [2.75, 3.05) is 13.2 Å². The van der Waals surface area contributed by atoms with Crippen molar-refractivity contribution in [3.05, 3.63) is 35.9 Å². The third kappa shape index (κ3) is 15.4. The zero-order chi connectivity index (χ0) is 18.8. The van der Waals surface area contributed by atoms with Gasteiger partial charge in [-0.3, -0.25) is 9.59 Å². The average molecular weight is 350 g/mol. The van der Waals surface area contributed by atoms with Crippen molar-refractivity contribution in [3.8, 4) is 0 Å². The largest absolute Gasteiger partial charge is 0.466 e. The van der Waals surface area contributed by atoms with E-state index in [2.05, 4.69) is 20.8 Å². The lowest BCUT2D eigenvalue weighted by molar-refractivity contribution is -0.144. The SMILES string of the molecule is CCCCOC(=O)CCCC.CCCCOC(=O)Cc1ccccc1. The minimum Gasteiger partial charge on any atom is -0.466 e. The second kappa shape index (κ2) is 17.0. The molecule has 0 atom stereocenters. The molecule has 0 aromatic heterocycles. The van der Waals surface area contributed by atoms with E-state index in [4.69, 9.17) is 9.47 Å². The summed E-state index contributed by atoms with van der Waals surface area (Å²) in [6.07, 6.45) is 7.04. The Hall–Kier alpha value is -1.84.